The van der Waals surface area contributed by atoms with E-state index in [1.54, 1.807) is 35.1 Å². The van der Waals surface area contributed by atoms with Crippen molar-refractivity contribution in [2.75, 3.05) is 0 Å². The van der Waals surface area contributed by atoms with E-state index in [9.17, 15) is 13.2 Å². The van der Waals surface area contributed by atoms with E-state index in [4.69, 9.17) is 4.42 Å². The molecule has 0 aliphatic rings. The fourth-order valence-corrected chi connectivity index (χ4v) is 3.16. The Balaban J connectivity index is 1.39. The van der Waals surface area contributed by atoms with Gasteiger partial charge in [0.25, 0.3) is 5.22 Å². The minimum atomic E-state index is -2.88. The molecule has 0 aliphatic carbocycles. The molecule has 0 fully saturated rings. The van der Waals surface area contributed by atoms with Crippen LogP contribution in [0, 0.1) is 5.82 Å². The fraction of sp³-hybridized carbons (Fsp3) is 0.105. The lowest BCUT2D eigenvalue weighted by molar-refractivity contribution is -0.0498. The molecule has 0 N–H and O–H groups in total. The van der Waals surface area contributed by atoms with Crippen LogP contribution in [0.3, 0.4) is 0 Å². The summed E-state index contributed by atoms with van der Waals surface area (Å²) in [5.74, 6) is 0.458. The van der Waals surface area contributed by atoms with Crippen molar-refractivity contribution in [3.8, 4) is 22.9 Å². The normalized spacial score (nSPS) is 11.2. The quantitative estimate of drug-likeness (QED) is 0.396. The Bertz CT molecular complexity index is 1100. The zero-order valence-electron chi connectivity index (χ0n) is 14.7. The number of aromatic nitrogens is 4. The standard InChI is InChI=1S/C19H13F3N4O2S/c20-13-2-1-3-15(10-13)26-9-8-14(25-26)11-29-19-24-23-17(28-19)12-4-6-16(7-5-12)27-18(21)22/h1-10,18H,11H2. The van der Waals surface area contributed by atoms with Gasteiger partial charge in [0.2, 0.25) is 5.89 Å². The van der Waals surface area contributed by atoms with Crippen LogP contribution < -0.4 is 4.74 Å². The molecule has 148 valence electrons. The molecule has 2 aromatic carbocycles. The second-order valence-electron chi connectivity index (χ2n) is 5.80. The summed E-state index contributed by atoms with van der Waals surface area (Å²) in [6.45, 7) is -2.88. The maximum absolute atomic E-state index is 13.3. The number of nitrogens with zero attached hydrogens (tertiary/aromatic N) is 4. The SMILES string of the molecule is Fc1cccc(-n2ccc(CSc3nnc(-c4ccc(OC(F)F)cc4)o3)n2)c1. The van der Waals surface area contributed by atoms with Crippen LogP contribution in [0.5, 0.6) is 5.75 Å². The van der Waals surface area contributed by atoms with Gasteiger partial charge in [-0.15, -0.1) is 10.2 Å². The number of rotatable bonds is 7. The molecule has 2 heterocycles. The highest BCUT2D eigenvalue weighted by molar-refractivity contribution is 7.98. The van der Waals surface area contributed by atoms with Gasteiger partial charge in [-0.3, -0.25) is 0 Å². The number of benzene rings is 2. The van der Waals surface area contributed by atoms with E-state index in [0.717, 1.165) is 5.69 Å². The molecule has 4 rings (SSSR count). The summed E-state index contributed by atoms with van der Waals surface area (Å²) in [4.78, 5) is 0. The Kier molecular flexibility index (Phi) is 5.52. The van der Waals surface area contributed by atoms with Gasteiger partial charge in [0.1, 0.15) is 11.6 Å². The topological polar surface area (TPSA) is 66.0 Å². The first-order valence-corrected chi connectivity index (χ1v) is 9.37. The molecule has 2 aromatic heterocycles. The zero-order valence-corrected chi connectivity index (χ0v) is 15.5. The third-order valence-electron chi connectivity index (χ3n) is 3.79. The van der Waals surface area contributed by atoms with Crippen molar-refractivity contribution < 1.29 is 22.3 Å². The molecular weight excluding hydrogens is 405 g/mol. The molecule has 0 aliphatic heterocycles. The van der Waals surface area contributed by atoms with E-state index in [0.29, 0.717) is 22.2 Å². The van der Waals surface area contributed by atoms with Gasteiger partial charge in [-0.25, -0.2) is 9.07 Å². The lowest BCUT2D eigenvalue weighted by atomic mass is 10.2. The van der Waals surface area contributed by atoms with Crippen LogP contribution in [0.25, 0.3) is 17.1 Å². The molecule has 0 unspecified atom stereocenters. The highest BCUT2D eigenvalue weighted by atomic mass is 32.2. The fourth-order valence-electron chi connectivity index (χ4n) is 2.50. The van der Waals surface area contributed by atoms with Gasteiger partial charge in [0, 0.05) is 17.5 Å². The third kappa shape index (κ3) is 4.77. The van der Waals surface area contributed by atoms with Crippen molar-refractivity contribution in [2.45, 2.75) is 17.6 Å². The molecule has 0 atom stereocenters. The summed E-state index contributed by atoms with van der Waals surface area (Å²) >= 11 is 1.30. The Morgan fingerprint density at radius 1 is 1.07 bits per heavy atom. The molecule has 10 heteroatoms. The van der Waals surface area contributed by atoms with E-state index in [-0.39, 0.29) is 17.5 Å². The Hall–Kier alpha value is -3.27. The van der Waals surface area contributed by atoms with Crippen LogP contribution in [0.1, 0.15) is 5.69 Å². The van der Waals surface area contributed by atoms with Crippen LogP contribution in [0.2, 0.25) is 0 Å². The molecular formula is C19H13F3N4O2S. The molecule has 0 spiro atoms. The summed E-state index contributed by atoms with van der Waals surface area (Å²) in [5, 5.41) is 12.7. The molecule has 4 aromatic rings. The molecule has 0 saturated heterocycles. The average molecular weight is 418 g/mol. The third-order valence-corrected chi connectivity index (χ3v) is 4.65. The molecule has 0 saturated carbocycles. The van der Waals surface area contributed by atoms with Gasteiger partial charge in [-0.05, 0) is 48.5 Å². The number of halogens is 3. The second-order valence-corrected chi connectivity index (χ2v) is 6.72. The first-order valence-electron chi connectivity index (χ1n) is 8.39. The minimum absolute atomic E-state index is 0.0479. The second kappa shape index (κ2) is 8.39. The highest BCUT2D eigenvalue weighted by Crippen LogP contribution is 2.27. The van der Waals surface area contributed by atoms with E-state index >= 15 is 0 Å². The number of thioether (sulfide) groups is 1. The van der Waals surface area contributed by atoms with E-state index in [2.05, 4.69) is 20.0 Å². The zero-order chi connectivity index (χ0) is 20.2. The number of alkyl halides is 2. The van der Waals surface area contributed by atoms with E-state index in [1.165, 1.54) is 36.0 Å². The van der Waals surface area contributed by atoms with Crippen LogP contribution >= 0.6 is 11.8 Å². The number of hydrogen-bond acceptors (Lipinski definition) is 6. The van der Waals surface area contributed by atoms with Crippen LogP contribution in [-0.2, 0) is 5.75 Å². The maximum atomic E-state index is 13.3. The molecule has 0 amide bonds. The highest BCUT2D eigenvalue weighted by Gasteiger charge is 2.11. The summed E-state index contributed by atoms with van der Waals surface area (Å²) in [6.07, 6.45) is 1.74. The first kappa shape index (κ1) is 19.1. The van der Waals surface area contributed by atoms with Crippen LogP contribution in [0.4, 0.5) is 13.2 Å². The van der Waals surface area contributed by atoms with Gasteiger partial charge in [0.15, 0.2) is 0 Å². The van der Waals surface area contributed by atoms with Crippen LogP contribution in [-0.4, -0.2) is 26.6 Å². The summed E-state index contributed by atoms with van der Waals surface area (Å²) in [5.41, 5.74) is 1.97. The molecule has 6 nitrogen and oxygen atoms in total. The molecule has 0 bridgehead atoms. The Morgan fingerprint density at radius 2 is 1.90 bits per heavy atom. The van der Waals surface area contributed by atoms with Gasteiger partial charge in [-0.2, -0.15) is 13.9 Å². The maximum Gasteiger partial charge on any atom is 0.387 e. The first-order chi connectivity index (χ1) is 14.1. The van der Waals surface area contributed by atoms with Gasteiger partial charge >= 0.3 is 6.61 Å². The van der Waals surface area contributed by atoms with Gasteiger partial charge in [0.05, 0.1) is 11.4 Å². The van der Waals surface area contributed by atoms with Crippen molar-refractivity contribution in [3.05, 3.63) is 72.3 Å². The van der Waals surface area contributed by atoms with Crippen molar-refractivity contribution in [1.82, 2.24) is 20.0 Å². The largest absolute Gasteiger partial charge is 0.435 e. The van der Waals surface area contributed by atoms with E-state index in [1.807, 2.05) is 6.07 Å². The molecule has 0 radical (unpaired) electrons. The predicted molar refractivity (Wildman–Crippen MR) is 99.4 cm³/mol. The van der Waals surface area contributed by atoms with Crippen molar-refractivity contribution in [3.63, 3.8) is 0 Å². The van der Waals surface area contributed by atoms with Crippen molar-refractivity contribution >= 4 is 11.8 Å². The van der Waals surface area contributed by atoms with Crippen molar-refractivity contribution in [2.24, 2.45) is 0 Å². The summed E-state index contributed by atoms with van der Waals surface area (Å²) in [6, 6.07) is 13.9. The number of hydrogen-bond donors (Lipinski definition) is 0. The average Bonchev–Trinajstić information content (AvgIpc) is 3.36. The van der Waals surface area contributed by atoms with Crippen molar-refractivity contribution in [1.29, 1.82) is 0 Å². The smallest absolute Gasteiger partial charge is 0.387 e. The predicted octanol–water partition coefficient (Wildman–Crippen LogP) is 4.96. The van der Waals surface area contributed by atoms with E-state index < -0.39 is 6.61 Å². The van der Waals surface area contributed by atoms with Gasteiger partial charge < -0.3 is 9.15 Å². The molecule has 29 heavy (non-hydrogen) atoms. The summed E-state index contributed by atoms with van der Waals surface area (Å²) < 4.78 is 49.2. The Morgan fingerprint density at radius 3 is 2.66 bits per heavy atom. The number of ether oxygens (including phenoxy) is 1. The lowest BCUT2D eigenvalue weighted by Crippen LogP contribution is -2.01. The summed E-state index contributed by atoms with van der Waals surface area (Å²) in [7, 11) is 0. The van der Waals surface area contributed by atoms with Crippen LogP contribution in [0.15, 0.2) is 70.4 Å². The lowest BCUT2D eigenvalue weighted by Gasteiger charge is -2.03. The monoisotopic (exact) mass is 418 g/mol. The Labute approximate surface area is 167 Å². The minimum Gasteiger partial charge on any atom is -0.435 e. The van der Waals surface area contributed by atoms with Gasteiger partial charge in [-0.1, -0.05) is 17.8 Å².